The molecule has 8 heteroatoms. The molecule has 36 heavy (non-hydrogen) atoms. The number of sulfonamides is 1. The molecule has 0 fully saturated rings. The predicted octanol–water partition coefficient (Wildman–Crippen LogP) is 5.60. The minimum atomic E-state index is -3.61. The Hall–Kier alpha value is -3.39. The van der Waals surface area contributed by atoms with Crippen LogP contribution in [0.3, 0.4) is 0 Å². The summed E-state index contributed by atoms with van der Waals surface area (Å²) in [5, 5.41) is 3.15. The van der Waals surface area contributed by atoms with E-state index in [4.69, 9.17) is 4.74 Å². The van der Waals surface area contributed by atoms with Crippen LogP contribution in [0.5, 0.6) is 5.75 Å². The fraction of sp³-hybridized carbons (Fsp3) is 0.321. The van der Waals surface area contributed by atoms with Gasteiger partial charge in [-0.05, 0) is 60.9 Å². The normalized spacial score (nSPS) is 16.5. The fourth-order valence-corrected chi connectivity index (χ4v) is 5.49. The Bertz CT molecular complexity index is 1320. The molecule has 1 heterocycles. The Morgan fingerprint density at radius 1 is 1.03 bits per heavy atom. The second-order valence-corrected chi connectivity index (χ2v) is 11.1. The van der Waals surface area contributed by atoms with E-state index in [0.29, 0.717) is 23.2 Å². The first-order valence-electron chi connectivity index (χ1n) is 12.0. The van der Waals surface area contributed by atoms with Gasteiger partial charge in [-0.3, -0.25) is 9.10 Å². The number of halogens is 1. The van der Waals surface area contributed by atoms with E-state index in [-0.39, 0.29) is 29.9 Å². The van der Waals surface area contributed by atoms with Crippen LogP contribution in [0.15, 0.2) is 72.8 Å². The van der Waals surface area contributed by atoms with Crippen molar-refractivity contribution in [2.24, 2.45) is 0 Å². The number of para-hydroxylation sites is 1. The average Bonchev–Trinajstić information content (AvgIpc) is 2.87. The molecule has 1 aliphatic rings. The number of hydrogen-bond donors (Lipinski definition) is 1. The molecule has 1 aliphatic heterocycles. The first kappa shape index (κ1) is 25.7. The van der Waals surface area contributed by atoms with Crippen molar-refractivity contribution in [3.8, 4) is 5.75 Å². The molecule has 1 amide bonds. The number of amides is 1. The van der Waals surface area contributed by atoms with Gasteiger partial charge in [0.1, 0.15) is 17.2 Å². The standard InChI is InChI=1S/C28H31FN2O4S/c1-4-28(5-2)18-25(24-8-6-7-9-26(24)35-28)30-27(32)21-12-16-23(17-13-21)31(36(3,33)34)19-20-10-14-22(29)15-11-20/h6-17,25H,4-5,18-19H2,1-3H3,(H,30,32)/t25-/m0/s1. The molecule has 3 aromatic rings. The SMILES string of the molecule is CCC1(CC)C[C@H](NC(=O)c2ccc(N(Cc3ccc(F)cc3)S(C)(=O)=O)cc2)c2ccccc2O1. The maximum atomic E-state index is 13.3. The first-order chi connectivity index (χ1) is 17.1. The van der Waals surface area contributed by atoms with Gasteiger partial charge in [0.15, 0.2) is 0 Å². The monoisotopic (exact) mass is 510 g/mol. The number of hydrogen-bond acceptors (Lipinski definition) is 4. The molecule has 0 bridgehead atoms. The summed E-state index contributed by atoms with van der Waals surface area (Å²) in [5.74, 6) is 0.161. The van der Waals surface area contributed by atoms with E-state index in [0.717, 1.165) is 30.4 Å². The molecule has 0 saturated carbocycles. The summed E-state index contributed by atoms with van der Waals surface area (Å²) in [6.45, 7) is 4.24. The summed E-state index contributed by atoms with van der Waals surface area (Å²) >= 11 is 0. The zero-order valence-electron chi connectivity index (χ0n) is 20.7. The van der Waals surface area contributed by atoms with Crippen molar-refractivity contribution in [3.05, 3.63) is 95.3 Å². The minimum Gasteiger partial charge on any atom is -0.487 e. The van der Waals surface area contributed by atoms with Gasteiger partial charge in [0.25, 0.3) is 5.91 Å². The van der Waals surface area contributed by atoms with Crippen LogP contribution in [0.2, 0.25) is 0 Å². The second kappa shape index (κ2) is 10.3. The van der Waals surface area contributed by atoms with E-state index in [1.807, 2.05) is 24.3 Å². The van der Waals surface area contributed by atoms with Gasteiger partial charge in [0, 0.05) is 17.5 Å². The van der Waals surface area contributed by atoms with Crippen LogP contribution in [0, 0.1) is 5.82 Å². The zero-order chi connectivity index (χ0) is 25.9. The van der Waals surface area contributed by atoms with Crippen LogP contribution in [0.4, 0.5) is 10.1 Å². The van der Waals surface area contributed by atoms with Gasteiger partial charge in [-0.2, -0.15) is 0 Å². The number of nitrogens with zero attached hydrogens (tertiary/aromatic N) is 1. The lowest BCUT2D eigenvalue weighted by Crippen LogP contribution is -2.44. The number of carbonyl (C=O) groups is 1. The molecular weight excluding hydrogens is 479 g/mol. The van der Waals surface area contributed by atoms with Gasteiger partial charge in [-0.25, -0.2) is 12.8 Å². The van der Waals surface area contributed by atoms with Crippen molar-refractivity contribution < 1.29 is 22.3 Å². The molecule has 0 saturated heterocycles. The third kappa shape index (κ3) is 5.54. The Balaban J connectivity index is 1.54. The molecule has 6 nitrogen and oxygen atoms in total. The lowest BCUT2D eigenvalue weighted by molar-refractivity contribution is 0.0227. The topological polar surface area (TPSA) is 75.7 Å². The smallest absolute Gasteiger partial charge is 0.251 e. The van der Waals surface area contributed by atoms with Gasteiger partial charge in [-0.15, -0.1) is 0 Å². The van der Waals surface area contributed by atoms with Crippen molar-refractivity contribution in [1.29, 1.82) is 0 Å². The number of benzene rings is 3. The molecule has 190 valence electrons. The van der Waals surface area contributed by atoms with Crippen LogP contribution >= 0.6 is 0 Å². The van der Waals surface area contributed by atoms with Gasteiger partial charge in [0.05, 0.1) is 24.5 Å². The highest BCUT2D eigenvalue weighted by Crippen LogP contribution is 2.42. The molecule has 0 unspecified atom stereocenters. The Morgan fingerprint density at radius 2 is 1.67 bits per heavy atom. The largest absolute Gasteiger partial charge is 0.487 e. The number of ether oxygens (including phenoxy) is 1. The summed E-state index contributed by atoms with van der Waals surface area (Å²) in [4.78, 5) is 13.2. The van der Waals surface area contributed by atoms with Crippen LogP contribution in [-0.4, -0.2) is 26.2 Å². The van der Waals surface area contributed by atoms with Crippen LogP contribution in [-0.2, 0) is 16.6 Å². The van der Waals surface area contributed by atoms with Crippen molar-refractivity contribution in [3.63, 3.8) is 0 Å². The van der Waals surface area contributed by atoms with Gasteiger partial charge in [-0.1, -0.05) is 44.2 Å². The predicted molar refractivity (Wildman–Crippen MR) is 139 cm³/mol. The number of carbonyl (C=O) groups excluding carboxylic acids is 1. The highest BCUT2D eigenvalue weighted by atomic mass is 32.2. The molecule has 1 atom stereocenters. The molecular formula is C28H31FN2O4S. The summed E-state index contributed by atoms with van der Waals surface area (Å²) in [7, 11) is -3.61. The Labute approximate surface area is 212 Å². The summed E-state index contributed by atoms with van der Waals surface area (Å²) in [6, 6.07) is 19.7. The first-order valence-corrected chi connectivity index (χ1v) is 13.9. The van der Waals surface area contributed by atoms with Gasteiger partial charge < -0.3 is 10.1 Å². The second-order valence-electron chi connectivity index (χ2n) is 9.20. The van der Waals surface area contributed by atoms with E-state index in [9.17, 15) is 17.6 Å². The quantitative estimate of drug-likeness (QED) is 0.428. The Morgan fingerprint density at radius 3 is 2.28 bits per heavy atom. The van der Waals surface area contributed by atoms with Crippen LogP contribution in [0.25, 0.3) is 0 Å². The maximum absolute atomic E-state index is 13.3. The van der Waals surface area contributed by atoms with E-state index in [2.05, 4.69) is 19.2 Å². The number of nitrogens with one attached hydrogen (secondary N) is 1. The third-order valence-corrected chi connectivity index (χ3v) is 7.99. The molecule has 1 N–H and O–H groups in total. The maximum Gasteiger partial charge on any atom is 0.251 e. The summed E-state index contributed by atoms with van der Waals surface area (Å²) in [6.07, 6.45) is 3.44. The molecule has 0 spiro atoms. The lowest BCUT2D eigenvalue weighted by Gasteiger charge is -2.41. The van der Waals surface area contributed by atoms with Crippen molar-refractivity contribution in [1.82, 2.24) is 5.32 Å². The molecule has 0 aliphatic carbocycles. The van der Waals surface area contributed by atoms with Crippen molar-refractivity contribution in [2.75, 3.05) is 10.6 Å². The summed E-state index contributed by atoms with van der Waals surface area (Å²) in [5.41, 5.74) is 2.11. The number of fused-ring (bicyclic) bond motifs is 1. The van der Waals surface area contributed by atoms with Gasteiger partial charge in [0.2, 0.25) is 10.0 Å². The Kier molecular flexibility index (Phi) is 7.36. The highest BCUT2D eigenvalue weighted by molar-refractivity contribution is 7.92. The van der Waals surface area contributed by atoms with E-state index >= 15 is 0 Å². The average molecular weight is 511 g/mol. The fourth-order valence-electron chi connectivity index (χ4n) is 4.61. The third-order valence-electron chi connectivity index (χ3n) is 6.85. The molecule has 0 radical (unpaired) electrons. The molecule has 3 aromatic carbocycles. The van der Waals surface area contributed by atoms with Crippen molar-refractivity contribution in [2.45, 2.75) is 51.3 Å². The minimum absolute atomic E-state index is 0.0552. The van der Waals surface area contributed by atoms with Crippen LogP contribution < -0.4 is 14.4 Å². The molecule has 4 rings (SSSR count). The summed E-state index contributed by atoms with van der Waals surface area (Å²) < 4.78 is 45.8. The number of rotatable bonds is 8. The van der Waals surface area contributed by atoms with E-state index < -0.39 is 10.0 Å². The lowest BCUT2D eigenvalue weighted by atomic mass is 9.83. The highest BCUT2D eigenvalue weighted by Gasteiger charge is 2.39. The molecule has 0 aromatic heterocycles. The van der Waals surface area contributed by atoms with E-state index in [1.54, 1.807) is 36.4 Å². The van der Waals surface area contributed by atoms with Gasteiger partial charge >= 0.3 is 0 Å². The van der Waals surface area contributed by atoms with E-state index in [1.165, 1.54) is 16.4 Å². The zero-order valence-corrected chi connectivity index (χ0v) is 21.5. The van der Waals surface area contributed by atoms with Crippen LogP contribution in [0.1, 0.15) is 60.6 Å². The van der Waals surface area contributed by atoms with Crippen molar-refractivity contribution >= 4 is 21.6 Å². The number of anilines is 1.